The Hall–Kier alpha value is -2.16. The summed E-state index contributed by atoms with van der Waals surface area (Å²) in [6.07, 6.45) is 2.95. The summed E-state index contributed by atoms with van der Waals surface area (Å²) in [7, 11) is 1.83. The maximum absolute atomic E-state index is 12.3. The van der Waals surface area contributed by atoms with E-state index in [2.05, 4.69) is 0 Å². The summed E-state index contributed by atoms with van der Waals surface area (Å²) < 4.78 is 0. The summed E-state index contributed by atoms with van der Waals surface area (Å²) in [4.78, 5) is 26.3. The molecule has 110 valence electrons. The van der Waals surface area contributed by atoms with Gasteiger partial charge in [-0.05, 0) is 17.1 Å². The topological polar surface area (TPSA) is 37.4 Å². The molecule has 3 nitrogen and oxygen atoms in total. The minimum atomic E-state index is -0.313. The van der Waals surface area contributed by atoms with Crippen molar-refractivity contribution < 1.29 is 9.59 Å². The summed E-state index contributed by atoms with van der Waals surface area (Å²) in [6, 6.07) is 9.88. The largest absolute Gasteiger partial charge is 0.367 e. The molecule has 0 aliphatic heterocycles. The van der Waals surface area contributed by atoms with Gasteiger partial charge in [-0.2, -0.15) is 0 Å². The van der Waals surface area contributed by atoms with Crippen molar-refractivity contribution in [2.24, 2.45) is 5.41 Å². The van der Waals surface area contributed by atoms with E-state index in [0.717, 1.165) is 5.56 Å². The molecule has 1 aliphatic carbocycles. The zero-order chi connectivity index (χ0) is 15.6. The number of carbonyl (C=O) groups is 2. The van der Waals surface area contributed by atoms with Crippen LogP contribution < -0.4 is 0 Å². The first kappa shape index (κ1) is 15.2. The van der Waals surface area contributed by atoms with Crippen molar-refractivity contribution in [1.82, 2.24) is 4.90 Å². The van der Waals surface area contributed by atoms with Gasteiger partial charge in [-0.1, -0.05) is 51.1 Å². The average Bonchev–Trinajstić information content (AvgIpc) is 2.40. The van der Waals surface area contributed by atoms with Crippen molar-refractivity contribution in [3.05, 3.63) is 59.3 Å². The Balaban J connectivity index is 2.19. The summed E-state index contributed by atoms with van der Waals surface area (Å²) in [5.41, 5.74) is 1.82. The Morgan fingerprint density at radius 1 is 0.952 bits per heavy atom. The molecular formula is C18H21NO2. The zero-order valence-corrected chi connectivity index (χ0v) is 13.0. The standard InChI is InChI=1S/C18H21NO2/c1-18(2,3)14-10-17(21)15(11-16(14)20)19(4)12-13-8-6-5-7-9-13/h5-11H,12H2,1-4H3. The molecule has 0 amide bonds. The molecule has 0 atom stereocenters. The highest BCUT2D eigenvalue weighted by molar-refractivity contribution is 6.20. The third kappa shape index (κ3) is 3.48. The monoisotopic (exact) mass is 283 g/mol. The minimum absolute atomic E-state index is 0.0722. The second kappa shape index (κ2) is 5.68. The van der Waals surface area contributed by atoms with Gasteiger partial charge in [-0.25, -0.2) is 0 Å². The first-order chi connectivity index (χ1) is 9.79. The predicted octanol–water partition coefficient (Wildman–Crippen LogP) is 3.13. The van der Waals surface area contributed by atoms with Gasteiger partial charge < -0.3 is 4.90 Å². The molecule has 0 heterocycles. The second-order valence-corrected chi connectivity index (χ2v) is 6.41. The third-order valence-corrected chi connectivity index (χ3v) is 3.54. The molecule has 0 fully saturated rings. The van der Waals surface area contributed by atoms with E-state index in [9.17, 15) is 9.59 Å². The van der Waals surface area contributed by atoms with Gasteiger partial charge in [0.1, 0.15) is 0 Å². The van der Waals surface area contributed by atoms with Gasteiger partial charge >= 0.3 is 0 Å². The van der Waals surface area contributed by atoms with Gasteiger partial charge in [-0.15, -0.1) is 0 Å². The Morgan fingerprint density at radius 3 is 2.14 bits per heavy atom. The van der Waals surface area contributed by atoms with Crippen LogP contribution in [0.4, 0.5) is 0 Å². The lowest BCUT2D eigenvalue weighted by molar-refractivity contribution is -0.116. The first-order valence-electron chi connectivity index (χ1n) is 7.06. The minimum Gasteiger partial charge on any atom is -0.367 e. The van der Waals surface area contributed by atoms with Crippen molar-refractivity contribution in [3.63, 3.8) is 0 Å². The Labute approximate surface area is 126 Å². The molecule has 0 unspecified atom stereocenters. The van der Waals surface area contributed by atoms with Crippen LogP contribution in [0.15, 0.2) is 53.8 Å². The molecule has 2 rings (SSSR count). The number of rotatable bonds is 3. The smallest absolute Gasteiger partial charge is 0.202 e. The molecule has 0 bridgehead atoms. The van der Waals surface area contributed by atoms with Gasteiger partial charge in [0.25, 0.3) is 0 Å². The molecule has 3 heteroatoms. The van der Waals surface area contributed by atoms with Crippen molar-refractivity contribution in [3.8, 4) is 0 Å². The van der Waals surface area contributed by atoms with Crippen LogP contribution in [0.3, 0.4) is 0 Å². The van der Waals surface area contributed by atoms with Crippen LogP contribution in [0.5, 0.6) is 0 Å². The maximum Gasteiger partial charge on any atom is 0.202 e. The van der Waals surface area contributed by atoms with E-state index in [1.165, 1.54) is 12.2 Å². The number of hydrogen-bond acceptors (Lipinski definition) is 3. The van der Waals surface area contributed by atoms with E-state index < -0.39 is 0 Å². The highest BCUT2D eigenvalue weighted by Crippen LogP contribution is 2.30. The highest BCUT2D eigenvalue weighted by atomic mass is 16.1. The second-order valence-electron chi connectivity index (χ2n) is 6.41. The fourth-order valence-corrected chi connectivity index (χ4v) is 2.38. The number of likely N-dealkylation sites (N-methyl/N-ethyl adjacent to an activating group) is 1. The van der Waals surface area contributed by atoms with Crippen LogP contribution in [0.1, 0.15) is 26.3 Å². The van der Waals surface area contributed by atoms with Crippen LogP contribution in [-0.4, -0.2) is 23.5 Å². The molecule has 1 aromatic carbocycles. The lowest BCUT2D eigenvalue weighted by Crippen LogP contribution is -2.29. The van der Waals surface area contributed by atoms with E-state index in [4.69, 9.17) is 0 Å². The molecule has 0 spiro atoms. The Bertz CT molecular complexity index is 618. The van der Waals surface area contributed by atoms with Gasteiger partial charge in [0.2, 0.25) is 5.78 Å². The van der Waals surface area contributed by atoms with Crippen molar-refractivity contribution >= 4 is 11.6 Å². The SMILES string of the molecule is CN(Cc1ccccc1)C1=CC(=O)C(C(C)(C)C)=CC1=O. The number of nitrogens with zero attached hydrogens (tertiary/aromatic N) is 1. The van der Waals surface area contributed by atoms with Crippen LogP contribution in [0.2, 0.25) is 0 Å². The first-order valence-corrected chi connectivity index (χ1v) is 7.06. The molecule has 0 saturated heterocycles. The van der Waals surface area contributed by atoms with Crippen LogP contribution >= 0.6 is 0 Å². The zero-order valence-electron chi connectivity index (χ0n) is 13.0. The fourth-order valence-electron chi connectivity index (χ4n) is 2.38. The number of benzene rings is 1. The van der Waals surface area contributed by atoms with Crippen molar-refractivity contribution in [2.75, 3.05) is 7.05 Å². The van der Waals surface area contributed by atoms with Crippen LogP contribution in [0.25, 0.3) is 0 Å². The predicted molar refractivity (Wildman–Crippen MR) is 83.5 cm³/mol. The van der Waals surface area contributed by atoms with E-state index in [0.29, 0.717) is 17.8 Å². The fraction of sp³-hybridized carbons (Fsp3) is 0.333. The number of ketones is 2. The molecule has 1 aliphatic rings. The van der Waals surface area contributed by atoms with Gasteiger partial charge in [0, 0.05) is 25.2 Å². The molecule has 1 aromatic rings. The number of carbonyl (C=O) groups excluding carboxylic acids is 2. The van der Waals surface area contributed by atoms with E-state index in [1.54, 1.807) is 0 Å². The quantitative estimate of drug-likeness (QED) is 0.800. The normalized spacial score (nSPS) is 15.6. The van der Waals surface area contributed by atoms with Crippen LogP contribution in [-0.2, 0) is 16.1 Å². The van der Waals surface area contributed by atoms with E-state index in [-0.39, 0.29) is 17.0 Å². The molecular weight excluding hydrogens is 262 g/mol. The summed E-state index contributed by atoms with van der Waals surface area (Å²) in [5, 5.41) is 0. The van der Waals surface area contributed by atoms with Gasteiger partial charge in [0.05, 0.1) is 5.70 Å². The molecule has 0 N–H and O–H groups in total. The molecule has 0 aromatic heterocycles. The van der Waals surface area contributed by atoms with E-state index >= 15 is 0 Å². The van der Waals surface area contributed by atoms with Gasteiger partial charge in [-0.3, -0.25) is 9.59 Å². The lowest BCUT2D eigenvalue weighted by atomic mass is 9.80. The summed E-state index contributed by atoms with van der Waals surface area (Å²) in [5.74, 6) is -0.171. The van der Waals surface area contributed by atoms with Crippen LogP contribution in [0, 0.1) is 5.41 Å². The Kier molecular flexibility index (Phi) is 4.12. The summed E-state index contributed by atoms with van der Waals surface area (Å²) in [6.45, 7) is 6.42. The third-order valence-electron chi connectivity index (χ3n) is 3.54. The Morgan fingerprint density at radius 2 is 1.57 bits per heavy atom. The average molecular weight is 283 g/mol. The number of allylic oxidation sites excluding steroid dienone is 3. The lowest BCUT2D eigenvalue weighted by Gasteiger charge is -2.27. The van der Waals surface area contributed by atoms with E-state index in [1.807, 2.05) is 63.1 Å². The molecule has 0 saturated carbocycles. The number of hydrogen-bond donors (Lipinski definition) is 0. The molecule has 0 radical (unpaired) electrons. The maximum atomic E-state index is 12.3. The van der Waals surface area contributed by atoms with Crippen molar-refractivity contribution in [2.45, 2.75) is 27.3 Å². The van der Waals surface area contributed by atoms with Crippen molar-refractivity contribution in [1.29, 1.82) is 0 Å². The van der Waals surface area contributed by atoms with Gasteiger partial charge in [0.15, 0.2) is 5.78 Å². The summed E-state index contributed by atoms with van der Waals surface area (Å²) >= 11 is 0. The molecule has 21 heavy (non-hydrogen) atoms. The highest BCUT2D eigenvalue weighted by Gasteiger charge is 2.29.